The lowest BCUT2D eigenvalue weighted by Gasteiger charge is -2.27. The molecular formula is C18H17FN2O2. The molecule has 0 bridgehead atoms. The van der Waals surface area contributed by atoms with Gasteiger partial charge in [-0.2, -0.15) is 0 Å². The summed E-state index contributed by atoms with van der Waals surface area (Å²) in [7, 11) is 1.55. The number of nitrogens with zero attached hydrogens (tertiary/aromatic N) is 2. The van der Waals surface area contributed by atoms with Crippen molar-refractivity contribution in [3.05, 3.63) is 77.9 Å². The predicted molar refractivity (Wildman–Crippen MR) is 85.8 cm³/mol. The Morgan fingerprint density at radius 2 is 2.22 bits per heavy atom. The van der Waals surface area contributed by atoms with E-state index in [4.69, 9.17) is 9.57 Å². The molecule has 1 aliphatic rings. The predicted octanol–water partition coefficient (Wildman–Crippen LogP) is 3.57. The molecular weight excluding hydrogens is 295 g/mol. The number of allylic oxidation sites excluding steroid dienone is 2. The Morgan fingerprint density at radius 1 is 1.30 bits per heavy atom. The van der Waals surface area contributed by atoms with Gasteiger partial charge in [0.15, 0.2) is 0 Å². The Labute approximate surface area is 134 Å². The number of rotatable bonds is 5. The summed E-state index contributed by atoms with van der Waals surface area (Å²) in [6, 6.07) is 8.44. The van der Waals surface area contributed by atoms with Crippen molar-refractivity contribution in [3.63, 3.8) is 0 Å². The van der Waals surface area contributed by atoms with Crippen molar-refractivity contribution in [1.29, 1.82) is 0 Å². The van der Waals surface area contributed by atoms with Crippen LogP contribution in [0.3, 0.4) is 0 Å². The van der Waals surface area contributed by atoms with Gasteiger partial charge < -0.3 is 4.74 Å². The molecule has 0 fully saturated rings. The molecule has 0 spiro atoms. The number of hydroxylamine groups is 2. The number of benzene rings is 1. The fourth-order valence-electron chi connectivity index (χ4n) is 2.31. The molecule has 2 heterocycles. The van der Waals surface area contributed by atoms with Gasteiger partial charge >= 0.3 is 0 Å². The Hall–Kier alpha value is -2.66. The molecule has 0 saturated carbocycles. The van der Waals surface area contributed by atoms with Gasteiger partial charge in [0.1, 0.15) is 18.2 Å². The maximum absolute atomic E-state index is 13.9. The molecule has 0 saturated heterocycles. The lowest BCUT2D eigenvalue weighted by atomic mass is 10.1. The van der Waals surface area contributed by atoms with Crippen LogP contribution in [0.5, 0.6) is 5.75 Å². The molecule has 0 radical (unpaired) electrons. The quantitative estimate of drug-likeness (QED) is 0.845. The van der Waals surface area contributed by atoms with Gasteiger partial charge in [-0.05, 0) is 36.4 Å². The molecule has 118 valence electrons. The first-order valence-electron chi connectivity index (χ1n) is 7.28. The Balaban J connectivity index is 1.75. The van der Waals surface area contributed by atoms with Gasteiger partial charge in [0.05, 0.1) is 19.4 Å². The number of halogens is 1. The molecule has 0 unspecified atom stereocenters. The number of hydrogen-bond donors (Lipinski definition) is 0. The molecule has 23 heavy (non-hydrogen) atoms. The highest BCUT2D eigenvalue weighted by atomic mass is 19.1. The standard InChI is InChI=1S/C18H17FN2O2/c1-22-16-7-8-17(19)15(11-16)13-23-21-10-3-2-6-18(21)14-5-4-9-20-12-14/h2-9,11-12H,10,13H2,1H3. The van der Waals surface area contributed by atoms with Crippen molar-refractivity contribution in [1.82, 2.24) is 10.0 Å². The highest BCUT2D eigenvalue weighted by Crippen LogP contribution is 2.24. The van der Waals surface area contributed by atoms with Crippen LogP contribution in [0.2, 0.25) is 0 Å². The first-order chi connectivity index (χ1) is 11.3. The summed E-state index contributed by atoms with van der Waals surface area (Å²) in [4.78, 5) is 9.93. The maximum Gasteiger partial charge on any atom is 0.129 e. The first kappa shape index (κ1) is 15.2. The van der Waals surface area contributed by atoms with E-state index in [1.165, 1.54) is 6.07 Å². The van der Waals surface area contributed by atoms with Gasteiger partial charge in [-0.3, -0.25) is 9.82 Å². The third-order valence-electron chi connectivity index (χ3n) is 3.52. The molecule has 5 heteroatoms. The number of hydrogen-bond acceptors (Lipinski definition) is 4. The number of methoxy groups -OCH3 is 1. The summed E-state index contributed by atoms with van der Waals surface area (Å²) < 4.78 is 19.0. The largest absolute Gasteiger partial charge is 0.497 e. The van der Waals surface area contributed by atoms with E-state index >= 15 is 0 Å². The van der Waals surface area contributed by atoms with E-state index in [1.54, 1.807) is 36.7 Å². The average molecular weight is 312 g/mol. The molecule has 1 aromatic carbocycles. The molecule has 0 N–H and O–H groups in total. The smallest absolute Gasteiger partial charge is 0.129 e. The molecule has 1 aromatic heterocycles. The zero-order chi connectivity index (χ0) is 16.1. The van der Waals surface area contributed by atoms with Crippen LogP contribution in [0.1, 0.15) is 11.1 Å². The third kappa shape index (κ3) is 3.57. The van der Waals surface area contributed by atoms with Gasteiger partial charge in [0.2, 0.25) is 0 Å². The number of pyridine rings is 1. The minimum atomic E-state index is -0.315. The maximum atomic E-state index is 13.9. The van der Waals surface area contributed by atoms with Crippen LogP contribution in [0.15, 0.2) is 61.0 Å². The fraction of sp³-hybridized carbons (Fsp3) is 0.167. The molecule has 0 amide bonds. The summed E-state index contributed by atoms with van der Waals surface area (Å²) in [5, 5.41) is 1.73. The topological polar surface area (TPSA) is 34.6 Å². The van der Waals surface area contributed by atoms with Crippen molar-refractivity contribution in [3.8, 4) is 5.75 Å². The second-order valence-corrected chi connectivity index (χ2v) is 5.01. The SMILES string of the molecule is COc1ccc(F)c(CON2CC=CC=C2c2cccnc2)c1. The van der Waals surface area contributed by atoms with Crippen molar-refractivity contribution in [2.75, 3.05) is 13.7 Å². The van der Waals surface area contributed by atoms with E-state index in [0.29, 0.717) is 17.9 Å². The van der Waals surface area contributed by atoms with Crippen LogP contribution in [0.4, 0.5) is 4.39 Å². The first-order valence-corrected chi connectivity index (χ1v) is 7.28. The summed E-state index contributed by atoms with van der Waals surface area (Å²) in [6.07, 6.45) is 9.38. The van der Waals surface area contributed by atoms with Crippen LogP contribution in [0.25, 0.3) is 5.70 Å². The minimum absolute atomic E-state index is 0.120. The second kappa shape index (κ2) is 7.07. The summed E-state index contributed by atoms with van der Waals surface area (Å²) >= 11 is 0. The molecule has 1 aliphatic heterocycles. The Morgan fingerprint density at radius 3 is 3.00 bits per heavy atom. The molecule has 2 aromatic rings. The van der Waals surface area contributed by atoms with Gasteiger partial charge in [0, 0.05) is 23.5 Å². The van der Waals surface area contributed by atoms with Crippen LogP contribution < -0.4 is 4.74 Å². The van der Waals surface area contributed by atoms with E-state index in [2.05, 4.69) is 4.98 Å². The van der Waals surface area contributed by atoms with Crippen LogP contribution in [-0.4, -0.2) is 23.7 Å². The second-order valence-electron chi connectivity index (χ2n) is 5.01. The molecule has 3 rings (SSSR count). The van der Waals surface area contributed by atoms with Crippen molar-refractivity contribution in [2.45, 2.75) is 6.61 Å². The molecule has 4 nitrogen and oxygen atoms in total. The molecule has 0 aliphatic carbocycles. The van der Waals surface area contributed by atoms with Crippen molar-refractivity contribution < 1.29 is 14.0 Å². The minimum Gasteiger partial charge on any atom is -0.497 e. The average Bonchev–Trinajstić information content (AvgIpc) is 2.62. The highest BCUT2D eigenvalue weighted by molar-refractivity contribution is 5.65. The number of aromatic nitrogens is 1. The van der Waals surface area contributed by atoms with E-state index in [0.717, 1.165) is 11.3 Å². The lowest BCUT2D eigenvalue weighted by molar-refractivity contribution is -0.114. The van der Waals surface area contributed by atoms with E-state index < -0.39 is 0 Å². The van der Waals surface area contributed by atoms with E-state index in [-0.39, 0.29) is 12.4 Å². The fourth-order valence-corrected chi connectivity index (χ4v) is 2.31. The normalized spacial score (nSPS) is 13.8. The van der Waals surface area contributed by atoms with Crippen LogP contribution in [0, 0.1) is 5.82 Å². The highest BCUT2D eigenvalue weighted by Gasteiger charge is 2.15. The lowest BCUT2D eigenvalue weighted by Crippen LogP contribution is -2.24. The van der Waals surface area contributed by atoms with Gasteiger partial charge in [-0.15, -0.1) is 0 Å². The van der Waals surface area contributed by atoms with Crippen LogP contribution >= 0.6 is 0 Å². The van der Waals surface area contributed by atoms with E-state index in [9.17, 15) is 4.39 Å². The monoisotopic (exact) mass is 312 g/mol. The summed E-state index contributed by atoms with van der Waals surface area (Å²) in [5.74, 6) is 0.289. The number of ether oxygens (including phenoxy) is 1. The zero-order valence-corrected chi connectivity index (χ0v) is 12.8. The summed E-state index contributed by atoms with van der Waals surface area (Å²) in [5.41, 5.74) is 2.29. The van der Waals surface area contributed by atoms with Gasteiger partial charge in [0.25, 0.3) is 0 Å². The van der Waals surface area contributed by atoms with Crippen LogP contribution in [-0.2, 0) is 11.4 Å². The third-order valence-corrected chi connectivity index (χ3v) is 3.52. The Bertz CT molecular complexity index is 729. The van der Waals surface area contributed by atoms with Crippen molar-refractivity contribution in [2.24, 2.45) is 0 Å². The van der Waals surface area contributed by atoms with E-state index in [1.807, 2.05) is 30.4 Å². The zero-order valence-electron chi connectivity index (χ0n) is 12.8. The van der Waals surface area contributed by atoms with Gasteiger partial charge in [-0.25, -0.2) is 9.45 Å². The van der Waals surface area contributed by atoms with Gasteiger partial charge in [-0.1, -0.05) is 12.2 Å². The Kier molecular flexibility index (Phi) is 4.68. The summed E-state index contributed by atoms with van der Waals surface area (Å²) in [6.45, 7) is 0.709. The molecule has 0 atom stereocenters. The van der Waals surface area contributed by atoms with Crippen molar-refractivity contribution >= 4 is 5.70 Å².